The van der Waals surface area contributed by atoms with Gasteiger partial charge in [0, 0.05) is 5.57 Å². The summed E-state index contributed by atoms with van der Waals surface area (Å²) in [7, 11) is 0. The lowest BCUT2D eigenvalue weighted by Gasteiger charge is -2.16. The molecule has 0 radical (unpaired) electrons. The van der Waals surface area contributed by atoms with Gasteiger partial charge in [-0.3, -0.25) is 0 Å². The van der Waals surface area contributed by atoms with Crippen molar-refractivity contribution in [3.8, 4) is 0 Å². The van der Waals surface area contributed by atoms with Gasteiger partial charge in [-0.15, -0.1) is 0 Å². The van der Waals surface area contributed by atoms with Gasteiger partial charge in [0.1, 0.15) is 0 Å². The number of carboxylic acids is 1. The summed E-state index contributed by atoms with van der Waals surface area (Å²) in [6, 6.07) is 0. The molecule has 0 fully saturated rings. The fourth-order valence-corrected chi connectivity index (χ4v) is 2.76. The smallest absolute Gasteiger partial charge is 0.331 e. The minimum absolute atomic E-state index is 0.548. The molecule has 0 aromatic carbocycles. The number of hydrogen-bond acceptors (Lipinski definition) is 1. The second-order valence-electron chi connectivity index (χ2n) is 6.53. The number of hydrogen-bond donors (Lipinski definition) is 1. The lowest BCUT2D eigenvalue weighted by Crippen LogP contribution is -2.02. The van der Waals surface area contributed by atoms with Gasteiger partial charge in [-0.1, -0.05) is 41.5 Å². The first-order chi connectivity index (χ1) is 10.4. The molecule has 1 atom stereocenters. The lowest BCUT2D eigenvalue weighted by molar-refractivity contribution is -0.132. The highest BCUT2D eigenvalue weighted by atomic mass is 16.4. The maximum Gasteiger partial charge on any atom is 0.331 e. The molecule has 22 heavy (non-hydrogen) atoms. The summed E-state index contributed by atoms with van der Waals surface area (Å²) in [5.74, 6) is -0.228. The fraction of sp³-hybridized carbons (Fsp3) is 0.550. The molecule has 0 spiro atoms. The molecule has 1 aliphatic carbocycles. The lowest BCUT2D eigenvalue weighted by atomic mass is 9.89. The Hall–Kier alpha value is -1.57. The summed E-state index contributed by atoms with van der Waals surface area (Å²) >= 11 is 0. The molecular weight excluding hydrogens is 272 g/mol. The number of aliphatic carboxylic acids is 1. The van der Waals surface area contributed by atoms with Crippen LogP contribution in [0.25, 0.3) is 0 Å². The Balaban J connectivity index is 2.88. The van der Waals surface area contributed by atoms with Crippen LogP contribution in [0, 0.1) is 5.92 Å². The zero-order valence-corrected chi connectivity index (χ0v) is 14.3. The van der Waals surface area contributed by atoms with Crippen LogP contribution in [-0.2, 0) is 4.79 Å². The standard InChI is InChI=1S/C20H30O2/c1-15(2)18-13-11-16(3)7-5-9-19(20(21)22)10-6-8-17(4)12-14-18/h7,10,12,18H,1,5-6,8-9,11,13-14H2,2-4H3,(H,21,22). The molecule has 1 unspecified atom stereocenters. The molecule has 1 N–H and O–H groups in total. The van der Waals surface area contributed by atoms with Gasteiger partial charge in [0.2, 0.25) is 0 Å². The van der Waals surface area contributed by atoms with E-state index in [1.807, 2.05) is 6.08 Å². The molecule has 0 aromatic rings. The van der Waals surface area contributed by atoms with Crippen LogP contribution in [-0.4, -0.2) is 11.1 Å². The maximum absolute atomic E-state index is 11.3. The van der Waals surface area contributed by atoms with Gasteiger partial charge >= 0.3 is 5.97 Å². The van der Waals surface area contributed by atoms with Crippen LogP contribution >= 0.6 is 0 Å². The fourth-order valence-electron chi connectivity index (χ4n) is 2.76. The molecule has 1 rings (SSSR count). The number of rotatable bonds is 2. The van der Waals surface area contributed by atoms with E-state index in [9.17, 15) is 9.90 Å². The zero-order chi connectivity index (χ0) is 16.5. The van der Waals surface area contributed by atoms with Crippen molar-refractivity contribution in [1.82, 2.24) is 0 Å². The Bertz CT molecular complexity index is 492. The van der Waals surface area contributed by atoms with Gasteiger partial charge in [-0.2, -0.15) is 0 Å². The molecule has 0 saturated carbocycles. The molecule has 0 saturated heterocycles. The molecule has 1 aliphatic rings. The van der Waals surface area contributed by atoms with Crippen molar-refractivity contribution < 1.29 is 9.90 Å². The first kappa shape index (κ1) is 18.5. The van der Waals surface area contributed by atoms with Gasteiger partial charge < -0.3 is 5.11 Å². The predicted octanol–water partition coefficient (Wildman–Crippen LogP) is 5.83. The van der Waals surface area contributed by atoms with E-state index < -0.39 is 5.97 Å². The SMILES string of the molecule is C=C(C)C1CC=C(C)CCC=C(C(=O)O)CCC=C(C)CC1. The molecule has 122 valence electrons. The zero-order valence-electron chi connectivity index (χ0n) is 14.3. The summed E-state index contributed by atoms with van der Waals surface area (Å²) < 4.78 is 0. The maximum atomic E-state index is 11.3. The quantitative estimate of drug-likeness (QED) is 0.652. The number of carbonyl (C=O) groups is 1. The van der Waals surface area contributed by atoms with Crippen LogP contribution in [0.2, 0.25) is 0 Å². The van der Waals surface area contributed by atoms with Gasteiger partial charge in [0.25, 0.3) is 0 Å². The highest BCUT2D eigenvalue weighted by Gasteiger charge is 2.10. The average Bonchev–Trinajstić information content (AvgIpc) is 2.44. The van der Waals surface area contributed by atoms with Gasteiger partial charge in [-0.25, -0.2) is 4.79 Å². The Morgan fingerprint density at radius 1 is 1.09 bits per heavy atom. The molecule has 0 aliphatic heterocycles. The molecule has 0 bridgehead atoms. The third kappa shape index (κ3) is 6.93. The highest BCUT2D eigenvalue weighted by molar-refractivity contribution is 5.86. The minimum atomic E-state index is -0.776. The van der Waals surface area contributed by atoms with Gasteiger partial charge in [0.15, 0.2) is 0 Å². The summed E-state index contributed by atoms with van der Waals surface area (Å²) in [4.78, 5) is 11.3. The molecule has 0 heterocycles. The molecule has 0 aromatic heterocycles. The van der Waals surface area contributed by atoms with E-state index in [4.69, 9.17) is 0 Å². The molecule has 0 amide bonds. The van der Waals surface area contributed by atoms with E-state index in [0.717, 1.165) is 38.5 Å². The third-order valence-corrected chi connectivity index (χ3v) is 4.45. The summed E-state index contributed by atoms with van der Waals surface area (Å²) in [5, 5.41) is 9.26. The largest absolute Gasteiger partial charge is 0.478 e. The Labute approximate surface area is 135 Å². The van der Waals surface area contributed by atoms with Crippen molar-refractivity contribution in [3.63, 3.8) is 0 Å². The van der Waals surface area contributed by atoms with E-state index in [0.29, 0.717) is 17.9 Å². The molecule has 2 nitrogen and oxygen atoms in total. The van der Waals surface area contributed by atoms with E-state index in [1.165, 1.54) is 16.7 Å². The van der Waals surface area contributed by atoms with Gasteiger partial charge in [-0.05, 0) is 71.6 Å². The van der Waals surface area contributed by atoms with Crippen molar-refractivity contribution in [1.29, 1.82) is 0 Å². The number of carboxylic acid groups (broad SMARTS) is 1. The normalized spacial score (nSPS) is 22.0. The van der Waals surface area contributed by atoms with Crippen LogP contribution in [0.5, 0.6) is 0 Å². The first-order valence-electron chi connectivity index (χ1n) is 8.29. The monoisotopic (exact) mass is 302 g/mol. The van der Waals surface area contributed by atoms with E-state index >= 15 is 0 Å². The Kier molecular flexibility index (Phi) is 7.94. The second-order valence-corrected chi connectivity index (χ2v) is 6.53. The third-order valence-electron chi connectivity index (χ3n) is 4.45. The van der Waals surface area contributed by atoms with Crippen molar-refractivity contribution >= 4 is 5.97 Å². The molecule has 2 heteroatoms. The highest BCUT2D eigenvalue weighted by Crippen LogP contribution is 2.24. The van der Waals surface area contributed by atoms with Crippen LogP contribution < -0.4 is 0 Å². The van der Waals surface area contributed by atoms with Crippen LogP contribution in [0.1, 0.15) is 65.7 Å². The predicted molar refractivity (Wildman–Crippen MR) is 93.9 cm³/mol. The van der Waals surface area contributed by atoms with Gasteiger partial charge in [0.05, 0.1) is 0 Å². The summed E-state index contributed by atoms with van der Waals surface area (Å²) in [6.45, 7) is 10.5. The Morgan fingerprint density at radius 2 is 1.73 bits per heavy atom. The molecular formula is C20H30O2. The summed E-state index contributed by atoms with van der Waals surface area (Å²) in [6.07, 6.45) is 12.8. The van der Waals surface area contributed by atoms with Crippen molar-refractivity contribution in [2.45, 2.75) is 65.7 Å². The second kappa shape index (κ2) is 9.45. The first-order valence-corrected chi connectivity index (χ1v) is 8.29. The van der Waals surface area contributed by atoms with Crippen molar-refractivity contribution in [2.24, 2.45) is 5.92 Å². The van der Waals surface area contributed by atoms with Crippen LogP contribution in [0.15, 0.2) is 47.1 Å². The Morgan fingerprint density at radius 3 is 2.36 bits per heavy atom. The van der Waals surface area contributed by atoms with Crippen molar-refractivity contribution in [3.05, 3.63) is 47.1 Å². The van der Waals surface area contributed by atoms with Crippen LogP contribution in [0.3, 0.4) is 0 Å². The average molecular weight is 302 g/mol. The van der Waals surface area contributed by atoms with E-state index in [-0.39, 0.29) is 0 Å². The summed E-state index contributed by atoms with van der Waals surface area (Å²) in [5.41, 5.74) is 4.51. The van der Waals surface area contributed by atoms with E-state index in [2.05, 4.69) is 39.5 Å². The topological polar surface area (TPSA) is 37.3 Å². The van der Waals surface area contributed by atoms with E-state index in [1.54, 1.807) is 0 Å². The van der Waals surface area contributed by atoms with Crippen LogP contribution in [0.4, 0.5) is 0 Å². The minimum Gasteiger partial charge on any atom is -0.478 e. The van der Waals surface area contributed by atoms with Crippen molar-refractivity contribution in [2.75, 3.05) is 0 Å². The number of allylic oxidation sites excluding steroid dienone is 6.